The lowest BCUT2D eigenvalue weighted by atomic mass is 10.0. The molecule has 0 N–H and O–H groups in total. The summed E-state index contributed by atoms with van der Waals surface area (Å²) in [4.78, 5) is 2.73. The minimum Gasteiger partial charge on any atom is -0.378 e. The van der Waals surface area contributed by atoms with E-state index in [0.29, 0.717) is 6.54 Å². The van der Waals surface area contributed by atoms with Crippen LogP contribution in [-0.2, 0) is 4.74 Å². The summed E-state index contributed by atoms with van der Waals surface area (Å²) in [5.74, 6) is 1.67. The molecule has 0 bridgehead atoms. The lowest BCUT2D eigenvalue weighted by Crippen LogP contribution is -2.08. The van der Waals surface area contributed by atoms with Crippen LogP contribution in [-0.4, -0.2) is 19.3 Å². The van der Waals surface area contributed by atoms with E-state index in [2.05, 4.69) is 10.0 Å². The average molecular weight is 167 g/mol. The fraction of sp³-hybridized carbons (Fsp3) is 1.00. The van der Waals surface area contributed by atoms with E-state index in [1.165, 1.54) is 12.8 Å². The first-order chi connectivity index (χ1) is 5.90. The Labute approximate surface area is 71.5 Å². The molecule has 12 heavy (non-hydrogen) atoms. The maximum atomic E-state index is 8.12. The molecule has 2 fully saturated rings. The third-order valence-corrected chi connectivity index (χ3v) is 2.75. The molecule has 0 aromatic carbocycles. The summed E-state index contributed by atoms with van der Waals surface area (Å²) in [6, 6.07) is 0. The van der Waals surface area contributed by atoms with Crippen molar-refractivity contribution >= 4 is 0 Å². The summed E-state index contributed by atoms with van der Waals surface area (Å²) in [5.41, 5.74) is 8.12. The number of nitrogens with zero attached hydrogens (tertiary/aromatic N) is 3. The van der Waals surface area contributed by atoms with Gasteiger partial charge in [-0.25, -0.2) is 0 Å². The van der Waals surface area contributed by atoms with Gasteiger partial charge in [-0.05, 0) is 36.6 Å². The Bertz CT molecular complexity index is 208. The zero-order valence-corrected chi connectivity index (χ0v) is 7.02. The van der Waals surface area contributed by atoms with Crippen LogP contribution in [0.5, 0.6) is 0 Å². The van der Waals surface area contributed by atoms with E-state index in [4.69, 9.17) is 10.3 Å². The number of rotatable bonds is 3. The van der Waals surface area contributed by atoms with E-state index in [0.717, 1.165) is 24.9 Å². The Balaban J connectivity index is 1.76. The highest BCUT2D eigenvalue weighted by molar-refractivity contribution is 4.87. The molecule has 2 rings (SSSR count). The average Bonchev–Trinajstić information content (AvgIpc) is 2.83. The molecule has 2 aliphatic rings. The molecule has 0 radical (unpaired) electrons. The maximum Gasteiger partial charge on any atom is 0.0635 e. The zero-order valence-electron chi connectivity index (χ0n) is 7.02. The Morgan fingerprint density at radius 2 is 2.25 bits per heavy atom. The largest absolute Gasteiger partial charge is 0.378 e. The van der Waals surface area contributed by atoms with Gasteiger partial charge in [0.2, 0.25) is 0 Å². The third-order valence-electron chi connectivity index (χ3n) is 2.75. The lowest BCUT2D eigenvalue weighted by Gasteiger charge is -2.03. The highest BCUT2D eigenvalue weighted by Gasteiger charge is 2.36. The predicted molar refractivity (Wildman–Crippen MR) is 44.6 cm³/mol. The standard InChI is InChI=1S/C8H13N3O/c9-11-10-4-8-3-7(5-12-8)6-1-2-6/h6-8H,1-5H2/t7-,8-/m0/s1. The highest BCUT2D eigenvalue weighted by atomic mass is 16.5. The zero-order chi connectivity index (χ0) is 8.39. The van der Waals surface area contributed by atoms with Crippen molar-refractivity contribution in [1.82, 2.24) is 0 Å². The smallest absolute Gasteiger partial charge is 0.0635 e. The minimum atomic E-state index is 0.200. The van der Waals surface area contributed by atoms with Crippen LogP contribution in [0.2, 0.25) is 0 Å². The first-order valence-electron chi connectivity index (χ1n) is 4.52. The van der Waals surface area contributed by atoms with Gasteiger partial charge in [0.1, 0.15) is 0 Å². The molecule has 0 spiro atoms. The van der Waals surface area contributed by atoms with Gasteiger partial charge in [-0.2, -0.15) is 0 Å². The molecular weight excluding hydrogens is 154 g/mol. The van der Waals surface area contributed by atoms with Crippen LogP contribution < -0.4 is 0 Å². The van der Waals surface area contributed by atoms with Crippen LogP contribution in [0.25, 0.3) is 10.4 Å². The van der Waals surface area contributed by atoms with Gasteiger partial charge in [0, 0.05) is 4.91 Å². The van der Waals surface area contributed by atoms with Gasteiger partial charge in [0.05, 0.1) is 19.3 Å². The Morgan fingerprint density at radius 3 is 2.92 bits per heavy atom. The van der Waals surface area contributed by atoms with Crippen LogP contribution in [0.4, 0.5) is 0 Å². The van der Waals surface area contributed by atoms with Gasteiger partial charge in [-0.15, -0.1) is 0 Å². The Morgan fingerprint density at radius 1 is 1.42 bits per heavy atom. The van der Waals surface area contributed by atoms with Crippen molar-refractivity contribution in [2.45, 2.75) is 25.4 Å². The van der Waals surface area contributed by atoms with Crippen molar-refractivity contribution in [2.75, 3.05) is 13.2 Å². The van der Waals surface area contributed by atoms with Crippen molar-refractivity contribution < 1.29 is 4.74 Å². The van der Waals surface area contributed by atoms with Crippen molar-refractivity contribution in [3.05, 3.63) is 10.4 Å². The van der Waals surface area contributed by atoms with Crippen LogP contribution in [0.1, 0.15) is 19.3 Å². The Kier molecular flexibility index (Phi) is 2.19. The van der Waals surface area contributed by atoms with Gasteiger partial charge in [-0.3, -0.25) is 0 Å². The summed E-state index contributed by atoms with van der Waals surface area (Å²) < 4.78 is 5.50. The van der Waals surface area contributed by atoms with Gasteiger partial charge >= 0.3 is 0 Å². The molecule has 2 atom stereocenters. The fourth-order valence-electron chi connectivity index (χ4n) is 1.88. The van der Waals surface area contributed by atoms with Crippen LogP contribution in [0, 0.1) is 11.8 Å². The van der Waals surface area contributed by atoms with Crippen molar-refractivity contribution in [3.63, 3.8) is 0 Å². The van der Waals surface area contributed by atoms with Crippen molar-refractivity contribution in [2.24, 2.45) is 17.0 Å². The molecule has 1 saturated heterocycles. The van der Waals surface area contributed by atoms with E-state index in [-0.39, 0.29) is 6.10 Å². The second-order valence-electron chi connectivity index (χ2n) is 3.70. The molecule has 1 heterocycles. The lowest BCUT2D eigenvalue weighted by molar-refractivity contribution is 0.111. The van der Waals surface area contributed by atoms with Gasteiger partial charge in [0.15, 0.2) is 0 Å². The second-order valence-corrected chi connectivity index (χ2v) is 3.70. The van der Waals surface area contributed by atoms with Crippen molar-refractivity contribution in [1.29, 1.82) is 0 Å². The molecule has 1 aliphatic heterocycles. The summed E-state index contributed by atoms with van der Waals surface area (Å²) in [6.45, 7) is 1.40. The van der Waals surface area contributed by atoms with E-state index in [1.54, 1.807) is 0 Å². The van der Waals surface area contributed by atoms with Crippen LogP contribution in [0.15, 0.2) is 5.11 Å². The first-order valence-corrected chi connectivity index (χ1v) is 4.52. The topological polar surface area (TPSA) is 58.0 Å². The number of azide groups is 1. The maximum absolute atomic E-state index is 8.12. The van der Waals surface area contributed by atoms with E-state index in [1.807, 2.05) is 0 Å². The molecular formula is C8H13N3O. The van der Waals surface area contributed by atoms with Crippen LogP contribution >= 0.6 is 0 Å². The number of hydrogen-bond donors (Lipinski definition) is 0. The molecule has 66 valence electrons. The fourth-order valence-corrected chi connectivity index (χ4v) is 1.88. The van der Waals surface area contributed by atoms with Crippen molar-refractivity contribution in [3.8, 4) is 0 Å². The van der Waals surface area contributed by atoms with Gasteiger partial charge in [-0.1, -0.05) is 5.11 Å². The molecule has 4 nitrogen and oxygen atoms in total. The summed E-state index contributed by atoms with van der Waals surface area (Å²) >= 11 is 0. The highest BCUT2D eigenvalue weighted by Crippen LogP contribution is 2.42. The second kappa shape index (κ2) is 3.33. The molecule has 4 heteroatoms. The molecule has 0 aromatic heterocycles. The molecule has 1 aliphatic carbocycles. The molecule has 0 aromatic rings. The van der Waals surface area contributed by atoms with E-state index < -0.39 is 0 Å². The van der Waals surface area contributed by atoms with Gasteiger partial charge in [0.25, 0.3) is 0 Å². The normalized spacial score (nSPS) is 34.7. The molecule has 0 unspecified atom stereocenters. The summed E-state index contributed by atoms with van der Waals surface area (Å²) in [7, 11) is 0. The number of ether oxygens (including phenoxy) is 1. The Hall–Kier alpha value is -0.730. The minimum absolute atomic E-state index is 0.200. The third kappa shape index (κ3) is 1.71. The summed E-state index contributed by atoms with van der Waals surface area (Å²) in [6.07, 6.45) is 4.06. The number of hydrogen-bond acceptors (Lipinski definition) is 2. The SMILES string of the molecule is [N-]=[N+]=NC[C@@H]1C[C@H](C2CC2)CO1. The monoisotopic (exact) mass is 167 g/mol. The molecule has 0 amide bonds. The quantitative estimate of drug-likeness (QED) is 0.361. The molecule has 1 saturated carbocycles. The van der Waals surface area contributed by atoms with E-state index >= 15 is 0 Å². The van der Waals surface area contributed by atoms with E-state index in [9.17, 15) is 0 Å². The predicted octanol–water partition coefficient (Wildman–Crippen LogP) is 2.11. The first kappa shape index (κ1) is 7.90. The van der Waals surface area contributed by atoms with Crippen LogP contribution in [0.3, 0.4) is 0 Å². The van der Waals surface area contributed by atoms with Gasteiger partial charge < -0.3 is 4.74 Å². The summed E-state index contributed by atoms with van der Waals surface area (Å²) in [5, 5.41) is 3.52.